The number of amides is 2. The normalized spacial score (nSPS) is 13.8. The number of benzene rings is 2. The Hall–Kier alpha value is -2.82. The zero-order valence-electron chi connectivity index (χ0n) is 17.5. The molecule has 3 rings (SSSR count). The van der Waals surface area contributed by atoms with Crippen molar-refractivity contribution >= 4 is 17.5 Å². The van der Waals surface area contributed by atoms with E-state index in [4.69, 9.17) is 0 Å². The molecule has 1 fully saturated rings. The predicted molar refractivity (Wildman–Crippen MR) is 117 cm³/mol. The molecule has 1 heterocycles. The zero-order valence-corrected chi connectivity index (χ0v) is 17.5. The topological polar surface area (TPSA) is 52.7 Å². The standard InChI is InChI=1S/C24H31N3O2/c1-19-9-8-11-20(17-19)24(29)25-14-13-23(28)26(2)18-21-10-4-5-12-22(21)27-15-6-3-7-16-27/h4-5,8-12,17H,3,6-7,13-16,18H2,1-2H3,(H,25,29). The van der Waals surface area contributed by atoms with E-state index >= 15 is 0 Å². The van der Waals surface area contributed by atoms with Crippen molar-refractivity contribution in [1.29, 1.82) is 0 Å². The van der Waals surface area contributed by atoms with E-state index < -0.39 is 0 Å². The number of carbonyl (C=O) groups excluding carboxylic acids is 2. The van der Waals surface area contributed by atoms with Gasteiger partial charge in [0.05, 0.1) is 0 Å². The molecule has 0 radical (unpaired) electrons. The Morgan fingerprint density at radius 1 is 1.03 bits per heavy atom. The van der Waals surface area contributed by atoms with Gasteiger partial charge in [0.25, 0.3) is 5.91 Å². The summed E-state index contributed by atoms with van der Waals surface area (Å²) in [6, 6.07) is 15.8. The number of carbonyl (C=O) groups is 2. The summed E-state index contributed by atoms with van der Waals surface area (Å²) in [6.07, 6.45) is 4.04. The maximum absolute atomic E-state index is 12.6. The Balaban J connectivity index is 1.51. The molecule has 0 bridgehead atoms. The number of para-hydroxylation sites is 1. The summed E-state index contributed by atoms with van der Waals surface area (Å²) in [5, 5.41) is 2.84. The van der Waals surface area contributed by atoms with E-state index in [0.717, 1.165) is 18.7 Å². The number of piperidine rings is 1. The average Bonchev–Trinajstić information content (AvgIpc) is 2.74. The highest BCUT2D eigenvalue weighted by atomic mass is 16.2. The Kier molecular flexibility index (Phi) is 7.28. The molecule has 0 saturated carbocycles. The van der Waals surface area contributed by atoms with Crippen molar-refractivity contribution in [3.8, 4) is 0 Å². The van der Waals surface area contributed by atoms with Gasteiger partial charge in [-0.05, 0) is 49.9 Å². The molecule has 1 N–H and O–H groups in total. The summed E-state index contributed by atoms with van der Waals surface area (Å²) in [5.41, 5.74) is 4.08. The molecule has 1 saturated heterocycles. The minimum absolute atomic E-state index is 0.0305. The van der Waals surface area contributed by atoms with Crippen LogP contribution in [0.15, 0.2) is 48.5 Å². The van der Waals surface area contributed by atoms with E-state index in [0.29, 0.717) is 25.1 Å². The summed E-state index contributed by atoms with van der Waals surface area (Å²) in [5.74, 6) is -0.109. The van der Waals surface area contributed by atoms with Gasteiger partial charge < -0.3 is 15.1 Å². The highest BCUT2D eigenvalue weighted by Gasteiger charge is 2.17. The lowest BCUT2D eigenvalue weighted by molar-refractivity contribution is -0.130. The lowest BCUT2D eigenvalue weighted by atomic mass is 10.1. The average molecular weight is 394 g/mol. The van der Waals surface area contributed by atoms with Crippen LogP contribution < -0.4 is 10.2 Å². The highest BCUT2D eigenvalue weighted by molar-refractivity contribution is 5.94. The van der Waals surface area contributed by atoms with Gasteiger partial charge in [-0.3, -0.25) is 9.59 Å². The first-order valence-corrected chi connectivity index (χ1v) is 10.5. The monoisotopic (exact) mass is 393 g/mol. The van der Waals surface area contributed by atoms with Gasteiger partial charge >= 0.3 is 0 Å². The smallest absolute Gasteiger partial charge is 0.251 e. The van der Waals surface area contributed by atoms with Crippen molar-refractivity contribution in [2.24, 2.45) is 0 Å². The van der Waals surface area contributed by atoms with Gasteiger partial charge in [0, 0.05) is 50.9 Å². The number of nitrogens with one attached hydrogen (secondary N) is 1. The van der Waals surface area contributed by atoms with Crippen LogP contribution in [0.25, 0.3) is 0 Å². The van der Waals surface area contributed by atoms with Gasteiger partial charge in [-0.1, -0.05) is 35.9 Å². The van der Waals surface area contributed by atoms with Crippen molar-refractivity contribution in [3.63, 3.8) is 0 Å². The van der Waals surface area contributed by atoms with Crippen molar-refractivity contribution in [3.05, 3.63) is 65.2 Å². The fraction of sp³-hybridized carbons (Fsp3) is 0.417. The largest absolute Gasteiger partial charge is 0.371 e. The summed E-state index contributed by atoms with van der Waals surface area (Å²) in [6.45, 7) is 5.04. The molecule has 0 aliphatic carbocycles. The van der Waals surface area contributed by atoms with Gasteiger partial charge in [-0.25, -0.2) is 0 Å². The molecule has 2 aromatic carbocycles. The molecule has 154 valence electrons. The number of hydrogen-bond acceptors (Lipinski definition) is 3. The molecular weight excluding hydrogens is 362 g/mol. The van der Waals surface area contributed by atoms with E-state index in [1.54, 1.807) is 11.0 Å². The van der Waals surface area contributed by atoms with Gasteiger partial charge in [0.15, 0.2) is 0 Å². The van der Waals surface area contributed by atoms with E-state index in [2.05, 4.69) is 28.4 Å². The van der Waals surface area contributed by atoms with Crippen LogP contribution in [0, 0.1) is 6.92 Å². The molecule has 2 aromatic rings. The molecule has 2 amide bonds. The quantitative estimate of drug-likeness (QED) is 0.779. The maximum Gasteiger partial charge on any atom is 0.251 e. The first kappa shape index (κ1) is 20.9. The molecule has 0 atom stereocenters. The summed E-state index contributed by atoms with van der Waals surface area (Å²) >= 11 is 0. The third kappa shape index (κ3) is 5.83. The Bertz CT molecular complexity index is 844. The fourth-order valence-corrected chi connectivity index (χ4v) is 3.79. The Labute approximate surface area is 173 Å². The first-order chi connectivity index (χ1) is 14.0. The SMILES string of the molecule is Cc1cccc(C(=O)NCCC(=O)N(C)Cc2ccccc2N2CCCCC2)c1. The molecule has 0 spiro atoms. The highest BCUT2D eigenvalue weighted by Crippen LogP contribution is 2.25. The van der Waals surface area contributed by atoms with Crippen LogP contribution in [-0.4, -0.2) is 43.4 Å². The van der Waals surface area contributed by atoms with Crippen molar-refractivity contribution < 1.29 is 9.59 Å². The Morgan fingerprint density at radius 3 is 2.55 bits per heavy atom. The van der Waals surface area contributed by atoms with E-state index in [-0.39, 0.29) is 11.8 Å². The van der Waals surface area contributed by atoms with Crippen molar-refractivity contribution in [2.45, 2.75) is 39.2 Å². The summed E-state index contributed by atoms with van der Waals surface area (Å²) in [4.78, 5) is 29.0. The number of hydrogen-bond donors (Lipinski definition) is 1. The lowest BCUT2D eigenvalue weighted by Crippen LogP contribution is -2.33. The molecular formula is C24H31N3O2. The molecule has 0 aromatic heterocycles. The molecule has 5 heteroatoms. The molecule has 29 heavy (non-hydrogen) atoms. The number of anilines is 1. The number of nitrogens with zero attached hydrogens (tertiary/aromatic N) is 2. The van der Waals surface area contributed by atoms with Gasteiger partial charge in [-0.2, -0.15) is 0 Å². The Morgan fingerprint density at radius 2 is 1.79 bits per heavy atom. The summed E-state index contributed by atoms with van der Waals surface area (Å²) < 4.78 is 0. The molecule has 1 aliphatic heterocycles. The first-order valence-electron chi connectivity index (χ1n) is 10.5. The lowest BCUT2D eigenvalue weighted by Gasteiger charge is -2.31. The van der Waals surface area contributed by atoms with Crippen LogP contribution >= 0.6 is 0 Å². The van der Waals surface area contributed by atoms with Crippen molar-refractivity contribution in [1.82, 2.24) is 10.2 Å². The van der Waals surface area contributed by atoms with Gasteiger partial charge in [0.2, 0.25) is 5.91 Å². The van der Waals surface area contributed by atoms with Crippen LogP contribution in [0.2, 0.25) is 0 Å². The van der Waals surface area contributed by atoms with E-state index in [9.17, 15) is 9.59 Å². The minimum atomic E-state index is -0.139. The minimum Gasteiger partial charge on any atom is -0.371 e. The third-order valence-corrected chi connectivity index (χ3v) is 5.43. The van der Waals surface area contributed by atoms with Crippen LogP contribution in [-0.2, 0) is 11.3 Å². The number of rotatable bonds is 7. The summed E-state index contributed by atoms with van der Waals surface area (Å²) in [7, 11) is 1.83. The van der Waals surface area contributed by atoms with Gasteiger partial charge in [-0.15, -0.1) is 0 Å². The maximum atomic E-state index is 12.6. The zero-order chi connectivity index (χ0) is 20.6. The second kappa shape index (κ2) is 10.1. The van der Waals surface area contributed by atoms with Crippen LogP contribution in [0.3, 0.4) is 0 Å². The van der Waals surface area contributed by atoms with E-state index in [1.165, 1.54) is 30.5 Å². The molecule has 5 nitrogen and oxygen atoms in total. The predicted octanol–water partition coefficient (Wildman–Crippen LogP) is 3.76. The molecule has 0 unspecified atom stereocenters. The second-order valence-corrected chi connectivity index (χ2v) is 7.80. The number of aryl methyl sites for hydroxylation is 1. The van der Waals surface area contributed by atoms with Crippen molar-refractivity contribution in [2.75, 3.05) is 31.6 Å². The van der Waals surface area contributed by atoms with Crippen LogP contribution in [0.1, 0.15) is 47.2 Å². The van der Waals surface area contributed by atoms with E-state index in [1.807, 2.05) is 38.2 Å². The molecule has 1 aliphatic rings. The second-order valence-electron chi connectivity index (χ2n) is 7.80. The fourth-order valence-electron chi connectivity index (χ4n) is 3.79. The van der Waals surface area contributed by atoms with Crippen LogP contribution in [0.4, 0.5) is 5.69 Å². The van der Waals surface area contributed by atoms with Crippen LogP contribution in [0.5, 0.6) is 0 Å². The third-order valence-electron chi connectivity index (χ3n) is 5.43. The van der Waals surface area contributed by atoms with Gasteiger partial charge in [0.1, 0.15) is 0 Å².